The molecule has 0 fully saturated rings. The number of carboxylic acids is 1. The first-order valence-electron chi connectivity index (χ1n) is 11.6. The third-order valence-corrected chi connectivity index (χ3v) is 10.0. The summed E-state index contributed by atoms with van der Waals surface area (Å²) >= 11 is 13.5. The van der Waals surface area contributed by atoms with Gasteiger partial charge in [-0.15, -0.1) is 0 Å². The fraction of sp³-hybridized carbons (Fsp3) is 0.143. The summed E-state index contributed by atoms with van der Waals surface area (Å²) in [6.07, 6.45) is 0.108. The molecule has 0 radical (unpaired) electrons. The second-order valence-corrected chi connectivity index (χ2v) is 12.2. The zero-order valence-electron chi connectivity index (χ0n) is 21.0. The molecule has 0 bridgehead atoms. The van der Waals surface area contributed by atoms with Gasteiger partial charge >= 0.3 is 11.9 Å². The van der Waals surface area contributed by atoms with Crippen molar-refractivity contribution in [1.29, 1.82) is 0 Å². The lowest BCUT2D eigenvalue weighted by Gasteiger charge is -2.07. The molecule has 5 rings (SSSR count). The summed E-state index contributed by atoms with van der Waals surface area (Å²) < 4.78 is 11.8. The molecule has 3 heterocycles. The predicted octanol–water partition coefficient (Wildman–Crippen LogP) is 6.65. The summed E-state index contributed by atoms with van der Waals surface area (Å²) in [7, 11) is 3.46. The molecule has 4 aromatic rings. The summed E-state index contributed by atoms with van der Waals surface area (Å²) in [4.78, 5) is 46.9. The number of carbonyl (C=O) groups is 4. The van der Waals surface area contributed by atoms with Gasteiger partial charge < -0.3 is 19.0 Å². The van der Waals surface area contributed by atoms with Crippen LogP contribution in [-0.4, -0.2) is 37.7 Å². The lowest BCUT2D eigenvalue weighted by molar-refractivity contribution is -0.136. The molecule has 2 aromatic heterocycles. The van der Waals surface area contributed by atoms with Crippen LogP contribution in [0.1, 0.15) is 43.5 Å². The minimum Gasteiger partial charge on any atom is -0.481 e. The maximum Gasteiger partial charge on any atom is 0.317 e. The SMILES string of the molecule is Cn1c(C(=O)c2ccc(Br)c(Br)c2)cc2c1CC(=O)O2.Cn1c(CC(=O)O)ccc1C(=O)c1ccc(Br)c(Br)c1. The van der Waals surface area contributed by atoms with Crippen molar-refractivity contribution in [2.24, 2.45) is 14.1 Å². The Morgan fingerprint density at radius 1 is 0.775 bits per heavy atom. The number of aliphatic carboxylic acids is 1. The maximum absolute atomic E-state index is 12.5. The Kier molecular flexibility index (Phi) is 9.33. The first-order chi connectivity index (χ1) is 18.9. The number of ketones is 2. The number of aromatic nitrogens is 2. The number of benzene rings is 2. The molecular formula is C28H20Br4N2O6. The van der Waals surface area contributed by atoms with E-state index in [0.29, 0.717) is 34.0 Å². The molecule has 8 nitrogen and oxygen atoms in total. The predicted molar refractivity (Wildman–Crippen MR) is 162 cm³/mol. The smallest absolute Gasteiger partial charge is 0.317 e. The van der Waals surface area contributed by atoms with Gasteiger partial charge in [0.2, 0.25) is 11.6 Å². The van der Waals surface area contributed by atoms with Crippen molar-refractivity contribution in [3.63, 3.8) is 0 Å². The fourth-order valence-electron chi connectivity index (χ4n) is 4.11. The molecule has 0 spiro atoms. The monoisotopic (exact) mass is 796 g/mol. The number of fused-ring (bicyclic) bond motifs is 1. The van der Waals surface area contributed by atoms with Gasteiger partial charge in [0.15, 0.2) is 5.75 Å². The van der Waals surface area contributed by atoms with Crippen molar-refractivity contribution in [2.45, 2.75) is 12.8 Å². The van der Waals surface area contributed by atoms with E-state index in [9.17, 15) is 19.2 Å². The summed E-state index contributed by atoms with van der Waals surface area (Å²) in [5.74, 6) is -0.965. The van der Waals surface area contributed by atoms with Crippen LogP contribution in [0.5, 0.6) is 5.75 Å². The van der Waals surface area contributed by atoms with Crippen molar-refractivity contribution >= 4 is 87.2 Å². The summed E-state index contributed by atoms with van der Waals surface area (Å²) in [5.41, 5.74) is 3.44. The van der Waals surface area contributed by atoms with Crippen molar-refractivity contribution in [3.8, 4) is 5.75 Å². The fourth-order valence-corrected chi connectivity index (χ4v) is 5.36. The van der Waals surface area contributed by atoms with Crippen LogP contribution >= 0.6 is 63.7 Å². The molecule has 2 aromatic carbocycles. The van der Waals surface area contributed by atoms with Crippen molar-refractivity contribution in [2.75, 3.05) is 0 Å². The van der Waals surface area contributed by atoms with Crippen LogP contribution in [0.4, 0.5) is 0 Å². The van der Waals surface area contributed by atoms with E-state index in [1.165, 1.54) is 0 Å². The number of hydrogen-bond donors (Lipinski definition) is 1. The van der Waals surface area contributed by atoms with Crippen LogP contribution < -0.4 is 4.74 Å². The molecule has 40 heavy (non-hydrogen) atoms. The lowest BCUT2D eigenvalue weighted by atomic mass is 10.1. The average Bonchev–Trinajstić information content (AvgIpc) is 3.55. The quantitative estimate of drug-likeness (QED) is 0.173. The van der Waals surface area contributed by atoms with Crippen LogP contribution in [-0.2, 0) is 36.5 Å². The van der Waals surface area contributed by atoms with Gasteiger partial charge in [-0.05, 0) is 112 Å². The minimum atomic E-state index is -0.920. The van der Waals surface area contributed by atoms with Gasteiger partial charge in [-0.3, -0.25) is 19.2 Å². The number of halogens is 4. The van der Waals surface area contributed by atoms with E-state index in [1.807, 2.05) is 6.07 Å². The Morgan fingerprint density at radius 2 is 1.32 bits per heavy atom. The molecule has 1 aliphatic rings. The Balaban J connectivity index is 0.000000185. The molecular weight excluding hydrogens is 780 g/mol. The summed E-state index contributed by atoms with van der Waals surface area (Å²) in [5, 5.41) is 8.81. The first-order valence-corrected chi connectivity index (χ1v) is 14.8. The van der Waals surface area contributed by atoms with E-state index in [-0.39, 0.29) is 30.4 Å². The minimum absolute atomic E-state index is 0.103. The number of esters is 1. The number of ether oxygens (including phenoxy) is 1. The molecule has 0 aliphatic carbocycles. The number of nitrogens with zero attached hydrogens (tertiary/aromatic N) is 2. The Labute approximate surface area is 262 Å². The standard InChI is InChI=1S/C14H9Br2NO3.C14H11Br2NO3/c1-17-10-6-13(18)20-12(10)5-11(17)14(19)7-2-3-8(15)9(16)4-7;1-17-9(7-13(18)19)3-5-12(17)14(20)8-2-4-10(15)11(16)6-8/h2-5H,6H2,1H3;2-6H,7H2,1H3,(H,18,19). The highest BCUT2D eigenvalue weighted by Gasteiger charge is 2.28. The van der Waals surface area contributed by atoms with Gasteiger partial charge in [0, 0.05) is 54.9 Å². The van der Waals surface area contributed by atoms with Gasteiger partial charge in [-0.25, -0.2) is 0 Å². The van der Waals surface area contributed by atoms with E-state index >= 15 is 0 Å². The summed E-state index contributed by atoms with van der Waals surface area (Å²) in [6.45, 7) is 0. The second-order valence-electron chi connectivity index (χ2n) is 8.81. The van der Waals surface area contributed by atoms with Crippen LogP contribution in [0.3, 0.4) is 0 Å². The Hall–Kier alpha value is -2.80. The number of carbonyl (C=O) groups excluding carboxylic acids is 3. The van der Waals surface area contributed by atoms with Crippen LogP contribution in [0.25, 0.3) is 0 Å². The molecule has 0 unspecified atom stereocenters. The summed E-state index contributed by atoms with van der Waals surface area (Å²) in [6, 6.07) is 15.5. The molecule has 206 valence electrons. The second kappa shape index (κ2) is 12.4. The molecule has 0 amide bonds. The number of rotatable bonds is 6. The Bertz CT molecular complexity index is 1690. The van der Waals surface area contributed by atoms with Gasteiger partial charge in [-0.1, -0.05) is 0 Å². The molecule has 12 heteroatoms. The molecule has 1 N–H and O–H groups in total. The van der Waals surface area contributed by atoms with Crippen LogP contribution in [0.2, 0.25) is 0 Å². The van der Waals surface area contributed by atoms with E-state index in [4.69, 9.17) is 9.84 Å². The van der Waals surface area contributed by atoms with Gasteiger partial charge in [0.1, 0.15) is 0 Å². The normalized spacial score (nSPS) is 11.9. The van der Waals surface area contributed by atoms with Gasteiger partial charge in [-0.2, -0.15) is 0 Å². The highest BCUT2D eigenvalue weighted by molar-refractivity contribution is 9.13. The van der Waals surface area contributed by atoms with Crippen molar-refractivity contribution in [3.05, 3.63) is 106 Å². The average molecular weight is 800 g/mol. The van der Waals surface area contributed by atoms with Crippen molar-refractivity contribution < 1.29 is 29.0 Å². The maximum atomic E-state index is 12.5. The Morgan fingerprint density at radius 3 is 1.82 bits per heavy atom. The van der Waals surface area contributed by atoms with E-state index in [2.05, 4.69) is 63.7 Å². The molecule has 1 aliphatic heterocycles. The van der Waals surface area contributed by atoms with E-state index < -0.39 is 5.97 Å². The third-order valence-electron chi connectivity index (χ3n) is 6.24. The number of hydrogen-bond acceptors (Lipinski definition) is 5. The topological polar surface area (TPSA) is 108 Å². The van der Waals surface area contributed by atoms with Crippen LogP contribution in [0.15, 0.2) is 72.5 Å². The van der Waals surface area contributed by atoms with Crippen molar-refractivity contribution in [1.82, 2.24) is 9.13 Å². The zero-order chi connectivity index (χ0) is 29.3. The highest BCUT2D eigenvalue weighted by atomic mass is 79.9. The largest absolute Gasteiger partial charge is 0.481 e. The van der Waals surface area contributed by atoms with Gasteiger partial charge in [0.25, 0.3) is 0 Å². The third kappa shape index (κ3) is 6.40. The van der Waals surface area contributed by atoms with Gasteiger partial charge in [0.05, 0.1) is 29.9 Å². The zero-order valence-corrected chi connectivity index (χ0v) is 27.3. The number of carboxylic acid groups (broad SMARTS) is 1. The molecule has 0 saturated heterocycles. The van der Waals surface area contributed by atoms with E-state index in [1.54, 1.807) is 71.8 Å². The first kappa shape index (κ1) is 30.2. The van der Waals surface area contributed by atoms with E-state index in [0.717, 1.165) is 23.6 Å². The molecule has 0 saturated carbocycles. The lowest BCUT2D eigenvalue weighted by Crippen LogP contribution is -2.11. The van der Waals surface area contributed by atoms with Crippen LogP contribution in [0, 0.1) is 0 Å². The molecule has 0 atom stereocenters. The highest BCUT2D eigenvalue weighted by Crippen LogP contribution is 2.31.